The molecule has 1 N–H and O–H groups in total. The van der Waals surface area contributed by atoms with Gasteiger partial charge in [-0.25, -0.2) is 0 Å². The summed E-state index contributed by atoms with van der Waals surface area (Å²) < 4.78 is 39.7. The van der Waals surface area contributed by atoms with E-state index in [4.69, 9.17) is 11.6 Å². The zero-order valence-electron chi connectivity index (χ0n) is 7.88. The van der Waals surface area contributed by atoms with Crippen LogP contribution in [0.5, 0.6) is 0 Å². The molecule has 2 nitrogen and oxygen atoms in total. The van der Waals surface area contributed by atoms with E-state index in [1.165, 1.54) is 6.20 Å². The van der Waals surface area contributed by atoms with Crippen molar-refractivity contribution in [2.24, 2.45) is 0 Å². The summed E-state index contributed by atoms with van der Waals surface area (Å²) in [6.45, 7) is 0. The number of benzene rings is 1. The van der Waals surface area contributed by atoms with Gasteiger partial charge in [-0.05, 0) is 6.07 Å². The average Bonchev–Trinajstić information content (AvgIpc) is 2.58. The minimum atomic E-state index is -4.75. The number of para-hydroxylation sites is 1. The van der Waals surface area contributed by atoms with Crippen molar-refractivity contribution < 1.29 is 17.9 Å². The third kappa shape index (κ3) is 2.31. The summed E-state index contributed by atoms with van der Waals surface area (Å²) in [6, 6.07) is 6.92. The zero-order chi connectivity index (χ0) is 11.8. The van der Waals surface area contributed by atoms with Crippen LogP contribution in [0, 0.1) is 0 Å². The van der Waals surface area contributed by atoms with Gasteiger partial charge >= 0.3 is 6.36 Å². The molecular formula is C10H7ClF3NO. The third-order valence-corrected chi connectivity index (χ3v) is 2.43. The van der Waals surface area contributed by atoms with E-state index < -0.39 is 11.9 Å². The minimum absolute atomic E-state index is 0.273. The van der Waals surface area contributed by atoms with Crippen LogP contribution in [0.2, 0.25) is 0 Å². The van der Waals surface area contributed by atoms with Crippen molar-refractivity contribution in [3.05, 3.63) is 36.0 Å². The first-order valence-corrected chi connectivity index (χ1v) is 4.85. The smallest absolute Gasteiger partial charge is 0.361 e. The molecule has 0 radical (unpaired) electrons. The molecule has 86 valence electrons. The summed E-state index contributed by atoms with van der Waals surface area (Å²) in [5.41, 5.74) is -0.556. The molecule has 1 heterocycles. The molecule has 0 fully saturated rings. The van der Waals surface area contributed by atoms with Crippen LogP contribution in [0.4, 0.5) is 13.2 Å². The number of alkyl halides is 4. The quantitative estimate of drug-likeness (QED) is 0.801. The van der Waals surface area contributed by atoms with Gasteiger partial charge in [-0.1, -0.05) is 29.8 Å². The number of fused-ring (bicyclic) bond motifs is 1. The second kappa shape index (κ2) is 3.99. The summed E-state index contributed by atoms with van der Waals surface area (Å²) in [5, 5.41) is 0.617. The molecule has 1 atom stereocenters. The van der Waals surface area contributed by atoms with E-state index in [0.717, 1.165) is 0 Å². The van der Waals surface area contributed by atoms with Crippen molar-refractivity contribution in [3.8, 4) is 0 Å². The second-order valence-corrected chi connectivity index (χ2v) is 3.57. The zero-order valence-corrected chi connectivity index (χ0v) is 8.64. The van der Waals surface area contributed by atoms with Crippen molar-refractivity contribution in [2.45, 2.75) is 11.9 Å². The largest absolute Gasteiger partial charge is 0.524 e. The number of aromatic nitrogens is 1. The number of nitrogens with one attached hydrogen (secondary N) is 1. The van der Waals surface area contributed by atoms with Crippen molar-refractivity contribution >= 4 is 22.5 Å². The molecule has 0 saturated carbocycles. The first-order valence-electron chi connectivity index (χ1n) is 4.42. The number of halogens is 4. The maximum absolute atomic E-state index is 12.0. The number of rotatable bonds is 2. The number of hydrogen-bond donors (Lipinski definition) is 1. The molecule has 0 aliphatic rings. The van der Waals surface area contributed by atoms with Gasteiger partial charge in [0, 0.05) is 22.7 Å². The predicted molar refractivity (Wildman–Crippen MR) is 54.0 cm³/mol. The Balaban J connectivity index is 2.33. The van der Waals surface area contributed by atoms with E-state index >= 15 is 0 Å². The van der Waals surface area contributed by atoms with Crippen LogP contribution in [-0.2, 0) is 4.74 Å². The van der Waals surface area contributed by atoms with Gasteiger partial charge in [0.25, 0.3) is 0 Å². The first kappa shape index (κ1) is 11.3. The summed E-state index contributed by atoms with van der Waals surface area (Å²) >= 11 is 5.55. The fraction of sp³-hybridized carbons (Fsp3) is 0.200. The predicted octanol–water partition coefficient (Wildman–Crippen LogP) is 3.94. The van der Waals surface area contributed by atoms with Gasteiger partial charge in [-0.2, -0.15) is 0 Å². The fourth-order valence-corrected chi connectivity index (χ4v) is 1.74. The molecule has 1 aromatic carbocycles. The monoisotopic (exact) mass is 249 g/mol. The van der Waals surface area contributed by atoms with Crippen molar-refractivity contribution in [3.63, 3.8) is 0 Å². The molecule has 0 aliphatic heterocycles. The van der Waals surface area contributed by atoms with Crippen molar-refractivity contribution in [1.82, 2.24) is 4.98 Å². The Morgan fingerprint density at radius 3 is 2.62 bits per heavy atom. The molecule has 2 rings (SSSR count). The molecule has 2 aromatic rings. The SMILES string of the molecule is FC(F)(F)OC(Cl)c1c[nH]c2ccccc12. The lowest BCUT2D eigenvalue weighted by Crippen LogP contribution is -2.14. The van der Waals surface area contributed by atoms with Crippen LogP contribution in [0.3, 0.4) is 0 Å². The Hall–Kier alpha value is -1.20. The Morgan fingerprint density at radius 2 is 1.94 bits per heavy atom. The van der Waals surface area contributed by atoms with Gasteiger partial charge in [0.1, 0.15) is 0 Å². The highest BCUT2D eigenvalue weighted by molar-refractivity contribution is 6.20. The Kier molecular flexibility index (Phi) is 2.82. The lowest BCUT2D eigenvalue weighted by atomic mass is 10.2. The highest BCUT2D eigenvalue weighted by Gasteiger charge is 2.34. The van der Waals surface area contributed by atoms with Crippen molar-refractivity contribution in [2.75, 3.05) is 0 Å². The van der Waals surface area contributed by atoms with Crippen LogP contribution >= 0.6 is 11.6 Å². The van der Waals surface area contributed by atoms with Crippen LogP contribution in [-0.4, -0.2) is 11.3 Å². The molecule has 0 bridgehead atoms. The van der Waals surface area contributed by atoms with Gasteiger partial charge in [-0.15, -0.1) is 13.2 Å². The molecule has 1 unspecified atom stereocenters. The summed E-state index contributed by atoms with van der Waals surface area (Å²) in [6.07, 6.45) is -3.33. The normalized spacial score (nSPS) is 14.2. The number of H-pyrrole nitrogens is 1. The molecule has 0 aliphatic carbocycles. The first-order chi connectivity index (χ1) is 7.47. The van der Waals surface area contributed by atoms with E-state index in [1.54, 1.807) is 24.3 Å². The van der Waals surface area contributed by atoms with E-state index in [-0.39, 0.29) is 5.56 Å². The summed E-state index contributed by atoms with van der Waals surface area (Å²) in [4.78, 5) is 2.82. The van der Waals surface area contributed by atoms with Gasteiger partial charge in [-0.3, -0.25) is 4.74 Å². The third-order valence-electron chi connectivity index (χ3n) is 2.10. The Bertz CT molecular complexity index is 494. The Labute approximate surface area is 94.0 Å². The van der Waals surface area contributed by atoms with E-state index in [9.17, 15) is 13.2 Å². The average molecular weight is 250 g/mol. The number of ether oxygens (including phenoxy) is 1. The minimum Gasteiger partial charge on any atom is -0.361 e. The Morgan fingerprint density at radius 1 is 1.25 bits per heavy atom. The lowest BCUT2D eigenvalue weighted by Gasteiger charge is -2.12. The van der Waals surface area contributed by atoms with E-state index in [2.05, 4.69) is 9.72 Å². The fourth-order valence-electron chi connectivity index (χ4n) is 1.46. The molecular weight excluding hydrogens is 243 g/mol. The lowest BCUT2D eigenvalue weighted by molar-refractivity contribution is -0.333. The molecule has 0 amide bonds. The maximum atomic E-state index is 12.0. The second-order valence-electron chi connectivity index (χ2n) is 3.17. The van der Waals surface area contributed by atoms with Crippen molar-refractivity contribution in [1.29, 1.82) is 0 Å². The maximum Gasteiger partial charge on any atom is 0.524 e. The van der Waals surface area contributed by atoms with E-state index in [1.807, 2.05) is 0 Å². The highest BCUT2D eigenvalue weighted by atomic mass is 35.5. The van der Waals surface area contributed by atoms with Crippen LogP contribution in [0.1, 0.15) is 11.1 Å². The van der Waals surface area contributed by atoms with Gasteiger partial charge < -0.3 is 4.98 Å². The summed E-state index contributed by atoms with van der Waals surface area (Å²) in [7, 11) is 0. The standard InChI is InChI=1S/C10H7ClF3NO/c11-9(16-10(12,13)14)7-5-15-8-4-2-1-3-6(7)8/h1-5,9,15H. The van der Waals surface area contributed by atoms with Crippen LogP contribution in [0.25, 0.3) is 10.9 Å². The van der Waals surface area contributed by atoms with Crippen LogP contribution < -0.4 is 0 Å². The molecule has 6 heteroatoms. The van der Waals surface area contributed by atoms with Crippen LogP contribution in [0.15, 0.2) is 30.5 Å². The topological polar surface area (TPSA) is 25.0 Å². The van der Waals surface area contributed by atoms with Gasteiger partial charge in [0.05, 0.1) is 0 Å². The highest BCUT2D eigenvalue weighted by Crippen LogP contribution is 2.34. The molecule has 0 spiro atoms. The molecule has 1 aromatic heterocycles. The van der Waals surface area contributed by atoms with E-state index in [0.29, 0.717) is 10.9 Å². The van der Waals surface area contributed by atoms with Gasteiger partial charge in [0.2, 0.25) is 0 Å². The number of hydrogen-bond acceptors (Lipinski definition) is 1. The van der Waals surface area contributed by atoms with Gasteiger partial charge in [0.15, 0.2) is 5.56 Å². The molecule has 0 saturated heterocycles. The molecule has 16 heavy (non-hydrogen) atoms. The summed E-state index contributed by atoms with van der Waals surface area (Å²) in [5.74, 6) is 0. The number of aromatic amines is 1.